The van der Waals surface area contributed by atoms with Crippen molar-refractivity contribution in [2.24, 2.45) is 0 Å². The molecule has 5 nitrogen and oxygen atoms in total. The third-order valence-electron chi connectivity index (χ3n) is 3.79. The maximum atomic E-state index is 12.4. The fourth-order valence-electron chi connectivity index (χ4n) is 2.50. The lowest BCUT2D eigenvalue weighted by Crippen LogP contribution is -2.07. The van der Waals surface area contributed by atoms with Crippen molar-refractivity contribution in [2.45, 2.75) is 0 Å². The minimum atomic E-state index is -0.107. The van der Waals surface area contributed by atoms with Gasteiger partial charge < -0.3 is 18.6 Å². The molecule has 0 bridgehead atoms. The van der Waals surface area contributed by atoms with Crippen LogP contribution in [0, 0.1) is 0 Å². The highest BCUT2D eigenvalue weighted by atomic mass is 79.9. The number of halogens is 1. The first-order valence-electron chi connectivity index (χ1n) is 8.20. The van der Waals surface area contributed by atoms with Crippen molar-refractivity contribution in [1.29, 1.82) is 0 Å². The van der Waals surface area contributed by atoms with Gasteiger partial charge in [-0.15, -0.1) is 0 Å². The predicted octanol–water partition coefficient (Wildman–Crippen LogP) is 4.26. The van der Waals surface area contributed by atoms with E-state index in [2.05, 4.69) is 15.9 Å². The third-order valence-corrected chi connectivity index (χ3v) is 4.11. The van der Waals surface area contributed by atoms with E-state index in [1.54, 1.807) is 25.3 Å². The molecule has 6 heteroatoms. The Morgan fingerprint density at radius 1 is 0.962 bits per heavy atom. The third kappa shape index (κ3) is 4.45. The first-order chi connectivity index (χ1) is 12.7. The maximum Gasteiger partial charge on any atom is 0.193 e. The summed E-state index contributed by atoms with van der Waals surface area (Å²) in [5.74, 6) is 1.88. The van der Waals surface area contributed by atoms with Crippen LogP contribution >= 0.6 is 15.9 Å². The molecule has 0 saturated carbocycles. The predicted molar refractivity (Wildman–Crippen MR) is 105 cm³/mol. The van der Waals surface area contributed by atoms with Crippen LogP contribution < -0.4 is 14.9 Å². The van der Waals surface area contributed by atoms with Gasteiger partial charge >= 0.3 is 0 Å². The molecule has 2 aromatic carbocycles. The van der Waals surface area contributed by atoms with Gasteiger partial charge in [0.15, 0.2) is 5.43 Å². The van der Waals surface area contributed by atoms with E-state index in [0.29, 0.717) is 42.3 Å². The van der Waals surface area contributed by atoms with Gasteiger partial charge in [0.1, 0.15) is 29.4 Å². The lowest BCUT2D eigenvalue weighted by molar-refractivity contribution is 0.112. The fraction of sp³-hybridized carbons (Fsp3) is 0.250. The summed E-state index contributed by atoms with van der Waals surface area (Å²) in [6.07, 6.45) is 0. The fourth-order valence-corrected chi connectivity index (χ4v) is 2.72. The number of ether oxygens (including phenoxy) is 3. The van der Waals surface area contributed by atoms with Gasteiger partial charge in [-0.3, -0.25) is 4.79 Å². The Kier molecular flexibility index (Phi) is 6.30. The molecule has 0 N–H and O–H groups in total. The molecule has 26 heavy (non-hydrogen) atoms. The zero-order chi connectivity index (χ0) is 18.4. The molecule has 0 fully saturated rings. The molecule has 0 radical (unpaired) electrons. The van der Waals surface area contributed by atoms with E-state index in [4.69, 9.17) is 18.6 Å². The Hall–Kier alpha value is -2.31. The van der Waals surface area contributed by atoms with E-state index < -0.39 is 0 Å². The number of benzene rings is 2. The molecule has 136 valence electrons. The van der Waals surface area contributed by atoms with E-state index in [-0.39, 0.29) is 5.43 Å². The van der Waals surface area contributed by atoms with E-state index >= 15 is 0 Å². The Labute approximate surface area is 159 Å². The van der Waals surface area contributed by atoms with Crippen molar-refractivity contribution >= 4 is 26.9 Å². The van der Waals surface area contributed by atoms with E-state index in [9.17, 15) is 4.79 Å². The minimum absolute atomic E-state index is 0.107. The second-order valence-corrected chi connectivity index (χ2v) is 6.30. The van der Waals surface area contributed by atoms with Crippen molar-refractivity contribution in [3.05, 3.63) is 58.8 Å². The van der Waals surface area contributed by atoms with Gasteiger partial charge in [-0.05, 0) is 42.5 Å². The summed E-state index contributed by atoms with van der Waals surface area (Å²) in [4.78, 5) is 12.4. The van der Waals surface area contributed by atoms with Crippen LogP contribution in [0.1, 0.15) is 0 Å². The zero-order valence-corrected chi connectivity index (χ0v) is 16.0. The number of hydrogen-bond acceptors (Lipinski definition) is 5. The van der Waals surface area contributed by atoms with Crippen molar-refractivity contribution < 1.29 is 18.6 Å². The molecule has 0 amide bonds. The first-order valence-corrected chi connectivity index (χ1v) is 9.32. The molecule has 3 rings (SSSR count). The molecule has 0 atom stereocenters. The Balaban J connectivity index is 1.75. The molecule has 0 spiro atoms. The van der Waals surface area contributed by atoms with Crippen molar-refractivity contribution in [2.75, 3.05) is 32.3 Å². The molecule has 3 aromatic rings. The highest BCUT2D eigenvalue weighted by Gasteiger charge is 2.08. The summed E-state index contributed by atoms with van der Waals surface area (Å²) in [6.45, 7) is 1.69. The largest absolute Gasteiger partial charge is 0.497 e. The van der Waals surface area contributed by atoms with Gasteiger partial charge in [0.05, 0.1) is 25.7 Å². The second-order valence-electron chi connectivity index (χ2n) is 5.51. The first kappa shape index (κ1) is 18.5. The normalized spacial score (nSPS) is 10.8. The Bertz CT molecular complexity index is 918. The van der Waals surface area contributed by atoms with Crippen LogP contribution in [0.25, 0.3) is 22.3 Å². The zero-order valence-electron chi connectivity index (χ0n) is 14.4. The van der Waals surface area contributed by atoms with Crippen molar-refractivity contribution in [3.8, 4) is 22.8 Å². The monoisotopic (exact) mass is 418 g/mol. The number of methoxy groups -OCH3 is 1. The molecular formula is C20H19BrO5. The van der Waals surface area contributed by atoms with Gasteiger partial charge in [0.2, 0.25) is 0 Å². The second kappa shape index (κ2) is 8.87. The average Bonchev–Trinajstić information content (AvgIpc) is 2.68. The molecule has 1 aromatic heterocycles. The van der Waals surface area contributed by atoms with Crippen LogP contribution in [0.4, 0.5) is 0 Å². The smallest absolute Gasteiger partial charge is 0.193 e. The lowest BCUT2D eigenvalue weighted by atomic mass is 10.1. The highest BCUT2D eigenvalue weighted by Crippen LogP contribution is 2.26. The number of hydrogen-bond donors (Lipinski definition) is 0. The lowest BCUT2D eigenvalue weighted by Gasteiger charge is -2.08. The summed E-state index contributed by atoms with van der Waals surface area (Å²) < 4.78 is 22.0. The molecular weight excluding hydrogens is 400 g/mol. The van der Waals surface area contributed by atoms with E-state index in [1.165, 1.54) is 6.07 Å². The molecule has 0 aliphatic rings. The Morgan fingerprint density at radius 3 is 2.46 bits per heavy atom. The van der Waals surface area contributed by atoms with Gasteiger partial charge in [0.25, 0.3) is 0 Å². The van der Waals surface area contributed by atoms with Crippen molar-refractivity contribution in [3.63, 3.8) is 0 Å². The van der Waals surface area contributed by atoms with Crippen LogP contribution in [0.5, 0.6) is 11.5 Å². The maximum absolute atomic E-state index is 12.4. The summed E-state index contributed by atoms with van der Waals surface area (Å²) in [5, 5.41) is 1.31. The van der Waals surface area contributed by atoms with Crippen LogP contribution in [0.15, 0.2) is 57.7 Å². The quantitative estimate of drug-likeness (QED) is 0.404. The SMILES string of the molecule is COc1ccc2oc(-c3ccc(OCCOCCBr)cc3)cc(=O)c2c1. The average molecular weight is 419 g/mol. The number of alkyl halides is 1. The van der Waals surface area contributed by atoms with Crippen LogP contribution in [-0.2, 0) is 4.74 Å². The molecule has 0 saturated heterocycles. The summed E-state index contributed by atoms with van der Waals surface area (Å²) in [6, 6.07) is 14.1. The molecule has 1 heterocycles. The summed E-state index contributed by atoms with van der Waals surface area (Å²) >= 11 is 3.30. The standard InChI is InChI=1S/C20H19BrO5/c1-23-16-6-7-19-17(12-16)18(22)13-20(26-19)14-2-4-15(5-3-14)25-11-10-24-9-8-21/h2-7,12-13H,8-11H2,1H3. The molecule has 0 aliphatic heterocycles. The van der Waals surface area contributed by atoms with Crippen LogP contribution in [-0.4, -0.2) is 32.3 Å². The molecule has 0 unspecified atom stereocenters. The van der Waals surface area contributed by atoms with Gasteiger partial charge in [-0.1, -0.05) is 15.9 Å². The van der Waals surface area contributed by atoms with Crippen LogP contribution in [0.2, 0.25) is 0 Å². The van der Waals surface area contributed by atoms with Crippen molar-refractivity contribution in [1.82, 2.24) is 0 Å². The highest BCUT2D eigenvalue weighted by molar-refractivity contribution is 9.09. The molecule has 0 aliphatic carbocycles. The van der Waals surface area contributed by atoms with Crippen LogP contribution in [0.3, 0.4) is 0 Å². The Morgan fingerprint density at radius 2 is 1.73 bits per heavy atom. The number of fused-ring (bicyclic) bond motifs is 1. The van der Waals surface area contributed by atoms with Gasteiger partial charge in [-0.2, -0.15) is 0 Å². The number of rotatable bonds is 8. The van der Waals surface area contributed by atoms with Gasteiger partial charge in [-0.25, -0.2) is 0 Å². The minimum Gasteiger partial charge on any atom is -0.497 e. The van der Waals surface area contributed by atoms with E-state index in [1.807, 2.05) is 24.3 Å². The topological polar surface area (TPSA) is 57.9 Å². The summed E-state index contributed by atoms with van der Waals surface area (Å²) in [5.41, 5.74) is 1.23. The summed E-state index contributed by atoms with van der Waals surface area (Å²) in [7, 11) is 1.56. The van der Waals surface area contributed by atoms with E-state index in [0.717, 1.165) is 16.6 Å². The van der Waals surface area contributed by atoms with Gasteiger partial charge in [0, 0.05) is 17.0 Å².